The van der Waals surface area contributed by atoms with Gasteiger partial charge in [0.15, 0.2) is 0 Å². The van der Waals surface area contributed by atoms with Gasteiger partial charge in [-0.25, -0.2) is 4.90 Å². The first-order valence-corrected chi connectivity index (χ1v) is 8.11. The topological polar surface area (TPSA) is 69.5 Å². The summed E-state index contributed by atoms with van der Waals surface area (Å²) in [5, 5.41) is 2.76. The molecule has 1 N–H and O–H groups in total. The molecule has 0 bridgehead atoms. The Morgan fingerprint density at radius 3 is 2.16 bits per heavy atom. The predicted molar refractivity (Wildman–Crippen MR) is 93.0 cm³/mol. The highest BCUT2D eigenvalue weighted by atomic mass is 16.2. The Kier molecular flexibility index (Phi) is 3.62. The van der Waals surface area contributed by atoms with Gasteiger partial charge in [0, 0.05) is 5.69 Å². The summed E-state index contributed by atoms with van der Waals surface area (Å²) < 4.78 is 0. The third kappa shape index (κ3) is 2.70. The molecule has 0 spiro atoms. The molecule has 2 unspecified atom stereocenters. The molecule has 0 radical (unpaired) electrons. The Morgan fingerprint density at radius 1 is 0.960 bits per heavy atom. The molecule has 4 rings (SSSR count). The lowest BCUT2D eigenvalue weighted by atomic mass is 10.2. The molecule has 0 aromatic heterocycles. The van der Waals surface area contributed by atoms with Crippen LogP contribution in [0.25, 0.3) is 0 Å². The maximum Gasteiger partial charge on any atom is 0.253 e. The summed E-state index contributed by atoms with van der Waals surface area (Å²) in [7, 11) is 0. The predicted octanol–water partition coefficient (Wildman–Crippen LogP) is 1.56. The van der Waals surface area contributed by atoms with Crippen LogP contribution in [0, 0.1) is 6.92 Å². The lowest BCUT2D eigenvalue weighted by Gasteiger charge is -2.19. The minimum atomic E-state index is -0.518. The van der Waals surface area contributed by atoms with E-state index >= 15 is 0 Å². The highest BCUT2D eigenvalue weighted by Crippen LogP contribution is 2.39. The largest absolute Gasteiger partial charge is 0.325 e. The number of imide groups is 1. The number of rotatable bonds is 4. The fourth-order valence-electron chi connectivity index (χ4n) is 3.24. The molecule has 0 aliphatic carbocycles. The minimum absolute atomic E-state index is 0.0312. The van der Waals surface area contributed by atoms with E-state index in [9.17, 15) is 14.4 Å². The van der Waals surface area contributed by atoms with Crippen LogP contribution in [0.3, 0.4) is 0 Å². The molecule has 3 amide bonds. The number of carbonyl (C=O) groups is 3. The molecular formula is C19H17N3O3. The number of benzene rings is 2. The molecule has 6 heteroatoms. The molecule has 2 aliphatic rings. The third-order valence-electron chi connectivity index (χ3n) is 4.55. The van der Waals surface area contributed by atoms with Gasteiger partial charge in [-0.1, -0.05) is 35.9 Å². The second-order valence-electron chi connectivity index (χ2n) is 6.32. The molecular weight excluding hydrogens is 318 g/mol. The van der Waals surface area contributed by atoms with E-state index in [1.165, 1.54) is 4.90 Å². The molecule has 6 nitrogen and oxygen atoms in total. The number of hydrogen-bond donors (Lipinski definition) is 1. The molecule has 25 heavy (non-hydrogen) atoms. The molecule has 2 fully saturated rings. The molecule has 2 aromatic carbocycles. The van der Waals surface area contributed by atoms with Gasteiger partial charge in [0.2, 0.25) is 5.91 Å². The maximum absolute atomic E-state index is 12.5. The monoisotopic (exact) mass is 335 g/mol. The van der Waals surface area contributed by atoms with Gasteiger partial charge in [-0.05, 0) is 31.2 Å². The van der Waals surface area contributed by atoms with Crippen molar-refractivity contribution in [3.63, 3.8) is 0 Å². The van der Waals surface area contributed by atoms with E-state index in [4.69, 9.17) is 0 Å². The number of nitrogens with one attached hydrogen (secondary N) is 1. The number of aryl methyl sites for hydroxylation is 1. The molecule has 2 saturated heterocycles. The van der Waals surface area contributed by atoms with Crippen LogP contribution in [-0.2, 0) is 14.4 Å². The number of amides is 3. The Hall–Kier alpha value is -2.99. The summed E-state index contributed by atoms with van der Waals surface area (Å²) >= 11 is 0. The van der Waals surface area contributed by atoms with Gasteiger partial charge >= 0.3 is 0 Å². The number of carbonyl (C=O) groups excluding carboxylic acids is 3. The van der Waals surface area contributed by atoms with Gasteiger partial charge in [-0.3, -0.25) is 19.3 Å². The van der Waals surface area contributed by atoms with Crippen molar-refractivity contribution in [2.75, 3.05) is 16.8 Å². The van der Waals surface area contributed by atoms with Crippen LogP contribution in [-0.4, -0.2) is 41.2 Å². The standard InChI is InChI=1S/C19H17N3O3/c1-12-7-9-14(10-8-12)22-18(24)16-17(19(22)25)21(16)11-15(23)20-13-5-3-2-4-6-13/h2-10,16-17H,11H2,1H3,(H,20,23). The second-order valence-corrected chi connectivity index (χ2v) is 6.32. The Balaban J connectivity index is 1.41. The first-order chi connectivity index (χ1) is 12.1. The van der Waals surface area contributed by atoms with Crippen LogP contribution >= 0.6 is 0 Å². The number of hydrogen-bond acceptors (Lipinski definition) is 4. The number of piperazine rings is 1. The van der Waals surface area contributed by atoms with Crippen LogP contribution in [0.1, 0.15) is 5.56 Å². The summed E-state index contributed by atoms with van der Waals surface area (Å²) in [6, 6.07) is 15.3. The summed E-state index contributed by atoms with van der Waals surface area (Å²) in [6.07, 6.45) is 0. The van der Waals surface area contributed by atoms with Crippen LogP contribution < -0.4 is 10.2 Å². The molecule has 2 aromatic rings. The first-order valence-electron chi connectivity index (χ1n) is 8.11. The van der Waals surface area contributed by atoms with E-state index in [1.807, 2.05) is 37.3 Å². The Bertz CT molecular complexity index is 826. The van der Waals surface area contributed by atoms with Crippen molar-refractivity contribution >= 4 is 29.1 Å². The smallest absolute Gasteiger partial charge is 0.253 e. The average Bonchev–Trinajstić information content (AvgIpc) is 3.23. The van der Waals surface area contributed by atoms with Gasteiger partial charge in [0.25, 0.3) is 11.8 Å². The first kappa shape index (κ1) is 15.5. The van der Waals surface area contributed by atoms with E-state index in [0.717, 1.165) is 5.56 Å². The van der Waals surface area contributed by atoms with E-state index < -0.39 is 12.1 Å². The quantitative estimate of drug-likeness (QED) is 0.680. The number of fused-ring (bicyclic) bond motifs is 1. The fourth-order valence-corrected chi connectivity index (χ4v) is 3.24. The summed E-state index contributed by atoms with van der Waals surface area (Å²) in [5.41, 5.74) is 2.34. The van der Waals surface area contributed by atoms with Gasteiger partial charge < -0.3 is 5.32 Å². The SMILES string of the molecule is Cc1ccc(N2C(=O)C3C(C2=O)N3CC(=O)Nc2ccccc2)cc1. The Labute approximate surface area is 145 Å². The molecule has 2 aliphatic heterocycles. The maximum atomic E-state index is 12.5. The van der Waals surface area contributed by atoms with E-state index in [0.29, 0.717) is 11.4 Å². The zero-order valence-corrected chi connectivity index (χ0v) is 13.7. The van der Waals surface area contributed by atoms with Crippen LogP contribution in [0.2, 0.25) is 0 Å². The summed E-state index contributed by atoms with van der Waals surface area (Å²) in [5.74, 6) is -0.749. The summed E-state index contributed by atoms with van der Waals surface area (Å²) in [6.45, 7) is 1.98. The molecule has 126 valence electrons. The van der Waals surface area contributed by atoms with Crippen LogP contribution in [0.15, 0.2) is 54.6 Å². The van der Waals surface area contributed by atoms with E-state index in [-0.39, 0.29) is 24.3 Å². The normalized spacial score (nSPS) is 24.2. The van der Waals surface area contributed by atoms with Crippen LogP contribution in [0.4, 0.5) is 11.4 Å². The zero-order chi connectivity index (χ0) is 17.6. The number of anilines is 2. The van der Waals surface area contributed by atoms with Crippen molar-refractivity contribution < 1.29 is 14.4 Å². The van der Waals surface area contributed by atoms with Crippen molar-refractivity contribution in [1.29, 1.82) is 0 Å². The third-order valence-corrected chi connectivity index (χ3v) is 4.55. The lowest BCUT2D eigenvalue weighted by molar-refractivity contribution is -0.124. The second kappa shape index (κ2) is 5.82. The van der Waals surface area contributed by atoms with Crippen molar-refractivity contribution in [1.82, 2.24) is 4.90 Å². The summed E-state index contributed by atoms with van der Waals surface area (Å²) in [4.78, 5) is 40.0. The minimum Gasteiger partial charge on any atom is -0.325 e. The van der Waals surface area contributed by atoms with Crippen LogP contribution in [0.5, 0.6) is 0 Å². The van der Waals surface area contributed by atoms with E-state index in [1.54, 1.807) is 29.2 Å². The fraction of sp³-hybridized carbons (Fsp3) is 0.211. The van der Waals surface area contributed by atoms with Gasteiger partial charge in [0.1, 0.15) is 12.1 Å². The zero-order valence-electron chi connectivity index (χ0n) is 13.7. The lowest BCUT2D eigenvalue weighted by Crippen LogP contribution is -2.40. The highest BCUT2D eigenvalue weighted by molar-refractivity contribution is 6.28. The highest BCUT2D eigenvalue weighted by Gasteiger charge is 2.66. The van der Waals surface area contributed by atoms with Gasteiger partial charge in [0.05, 0.1) is 12.2 Å². The van der Waals surface area contributed by atoms with Crippen molar-refractivity contribution in [2.24, 2.45) is 0 Å². The van der Waals surface area contributed by atoms with Crippen molar-refractivity contribution in [3.8, 4) is 0 Å². The molecule has 0 saturated carbocycles. The van der Waals surface area contributed by atoms with Crippen molar-refractivity contribution in [3.05, 3.63) is 60.2 Å². The van der Waals surface area contributed by atoms with Gasteiger partial charge in [-0.15, -0.1) is 0 Å². The number of para-hydroxylation sites is 1. The van der Waals surface area contributed by atoms with Gasteiger partial charge in [-0.2, -0.15) is 0 Å². The molecule has 2 heterocycles. The van der Waals surface area contributed by atoms with E-state index in [2.05, 4.69) is 5.32 Å². The van der Waals surface area contributed by atoms with Crippen molar-refractivity contribution in [2.45, 2.75) is 19.0 Å². The Morgan fingerprint density at radius 2 is 1.56 bits per heavy atom. The number of nitrogens with zero attached hydrogens (tertiary/aromatic N) is 2. The molecule has 2 atom stereocenters. The average molecular weight is 335 g/mol.